The summed E-state index contributed by atoms with van der Waals surface area (Å²) in [6, 6.07) is 1.88. The molecule has 1 aliphatic heterocycles. The van der Waals surface area contributed by atoms with Gasteiger partial charge in [0.25, 0.3) is 0 Å². The molecule has 1 aromatic rings. The second-order valence-electron chi connectivity index (χ2n) is 6.15. The number of likely N-dealkylation sites (tertiary alicyclic amines) is 1. The number of nitrogens with zero attached hydrogens (tertiary/aromatic N) is 3. The Morgan fingerprint density at radius 2 is 2.26 bits per heavy atom. The highest BCUT2D eigenvalue weighted by molar-refractivity contribution is 5.76. The maximum Gasteiger partial charge on any atom is 0.220 e. The van der Waals surface area contributed by atoms with Crippen molar-refractivity contribution in [3.8, 4) is 0 Å². The lowest BCUT2D eigenvalue weighted by molar-refractivity contribution is -0.139. The van der Waals surface area contributed by atoms with Gasteiger partial charge >= 0.3 is 0 Å². The Morgan fingerprint density at radius 3 is 2.87 bits per heavy atom. The second kappa shape index (κ2) is 7.59. The van der Waals surface area contributed by atoms with Gasteiger partial charge in [0.15, 0.2) is 0 Å². The van der Waals surface area contributed by atoms with Crippen molar-refractivity contribution < 1.29 is 14.3 Å². The Balaban J connectivity index is 1.83. The third-order valence-corrected chi connectivity index (χ3v) is 4.61. The van der Waals surface area contributed by atoms with Crippen LogP contribution in [0, 0.1) is 0 Å². The fourth-order valence-corrected chi connectivity index (χ4v) is 3.03. The minimum absolute atomic E-state index is 0.0115. The number of aromatic nitrogens is 2. The molecule has 1 saturated heterocycles. The molecular weight excluding hydrogens is 296 g/mol. The third-order valence-electron chi connectivity index (χ3n) is 4.61. The summed E-state index contributed by atoms with van der Waals surface area (Å²) in [5, 5.41) is 6.98. The Kier molecular flexibility index (Phi) is 5.76. The predicted molar refractivity (Wildman–Crippen MR) is 85.5 cm³/mol. The van der Waals surface area contributed by atoms with Crippen LogP contribution in [0.4, 0.5) is 0 Å². The fourth-order valence-electron chi connectivity index (χ4n) is 3.03. The summed E-state index contributed by atoms with van der Waals surface area (Å²) in [6.07, 6.45) is 4.49. The molecule has 0 radical (unpaired) electrons. The number of ether oxygens (including phenoxy) is 1. The number of nitrogens with one attached hydrogen (secondary N) is 1. The van der Waals surface area contributed by atoms with E-state index in [1.165, 1.54) is 0 Å². The van der Waals surface area contributed by atoms with Crippen LogP contribution in [0.5, 0.6) is 0 Å². The minimum atomic E-state index is -0.409. The summed E-state index contributed by atoms with van der Waals surface area (Å²) >= 11 is 0. The van der Waals surface area contributed by atoms with Gasteiger partial charge in [0, 0.05) is 46.8 Å². The average Bonchev–Trinajstić information content (AvgIpc) is 2.96. The monoisotopic (exact) mass is 322 g/mol. The van der Waals surface area contributed by atoms with Crippen molar-refractivity contribution >= 4 is 11.8 Å². The molecule has 1 unspecified atom stereocenters. The van der Waals surface area contributed by atoms with Crippen molar-refractivity contribution in [2.45, 2.75) is 44.8 Å². The number of hydrogen-bond donors (Lipinski definition) is 1. The third kappa shape index (κ3) is 4.54. The summed E-state index contributed by atoms with van der Waals surface area (Å²) in [4.78, 5) is 25.5. The molecule has 0 saturated carbocycles. The molecule has 1 aliphatic rings. The van der Waals surface area contributed by atoms with E-state index in [0.717, 1.165) is 25.1 Å². The number of methoxy groups -OCH3 is 1. The highest BCUT2D eigenvalue weighted by atomic mass is 16.5. The van der Waals surface area contributed by atoms with E-state index >= 15 is 0 Å². The van der Waals surface area contributed by atoms with Crippen molar-refractivity contribution in [3.05, 3.63) is 18.0 Å². The van der Waals surface area contributed by atoms with E-state index in [1.807, 2.05) is 13.1 Å². The van der Waals surface area contributed by atoms with E-state index in [9.17, 15) is 9.59 Å². The van der Waals surface area contributed by atoms with Crippen LogP contribution in [0.1, 0.15) is 38.3 Å². The number of aryl methyl sites for hydroxylation is 1. The minimum Gasteiger partial charge on any atom is -0.376 e. The molecule has 0 spiro atoms. The zero-order valence-corrected chi connectivity index (χ0v) is 14.2. The second-order valence-corrected chi connectivity index (χ2v) is 6.15. The van der Waals surface area contributed by atoms with Gasteiger partial charge in [-0.15, -0.1) is 0 Å². The summed E-state index contributed by atoms with van der Waals surface area (Å²) in [6.45, 7) is 3.38. The lowest BCUT2D eigenvalue weighted by Gasteiger charge is -2.41. The number of amides is 2. The van der Waals surface area contributed by atoms with Crippen LogP contribution in [0.15, 0.2) is 12.3 Å². The Bertz CT molecular complexity index is 557. The fraction of sp³-hybridized carbons (Fsp3) is 0.688. The standard InChI is InChI=1S/C16H26N4O3/c1-13(21)20-10-4-7-16(12-20,23-3)8-5-15(22)17-11-14-6-9-18-19(14)2/h6,9H,4-5,7-8,10-12H2,1-3H3,(H,17,22). The lowest BCUT2D eigenvalue weighted by Crippen LogP contribution is -2.51. The van der Waals surface area contributed by atoms with Gasteiger partial charge < -0.3 is 15.0 Å². The van der Waals surface area contributed by atoms with Gasteiger partial charge in [-0.2, -0.15) is 5.10 Å². The van der Waals surface area contributed by atoms with E-state index in [0.29, 0.717) is 25.9 Å². The zero-order chi connectivity index (χ0) is 16.9. The Hall–Kier alpha value is -1.89. The van der Waals surface area contributed by atoms with Gasteiger partial charge in [-0.05, 0) is 25.3 Å². The largest absolute Gasteiger partial charge is 0.376 e. The van der Waals surface area contributed by atoms with Crippen LogP contribution in [0.2, 0.25) is 0 Å². The molecule has 0 aliphatic carbocycles. The van der Waals surface area contributed by atoms with Crippen molar-refractivity contribution in [3.63, 3.8) is 0 Å². The molecule has 7 heteroatoms. The van der Waals surface area contributed by atoms with Crippen LogP contribution >= 0.6 is 0 Å². The number of piperidine rings is 1. The van der Waals surface area contributed by atoms with Crippen molar-refractivity contribution in [1.29, 1.82) is 0 Å². The van der Waals surface area contributed by atoms with Gasteiger partial charge in [0.1, 0.15) is 0 Å². The van der Waals surface area contributed by atoms with E-state index in [1.54, 1.807) is 29.8 Å². The van der Waals surface area contributed by atoms with Gasteiger partial charge in [0.2, 0.25) is 11.8 Å². The molecule has 1 atom stereocenters. The van der Waals surface area contributed by atoms with Gasteiger partial charge in [0.05, 0.1) is 17.8 Å². The molecule has 128 valence electrons. The van der Waals surface area contributed by atoms with Crippen LogP contribution in [-0.4, -0.2) is 52.3 Å². The molecule has 7 nitrogen and oxygen atoms in total. The Morgan fingerprint density at radius 1 is 1.48 bits per heavy atom. The smallest absolute Gasteiger partial charge is 0.220 e. The van der Waals surface area contributed by atoms with Gasteiger partial charge in [-0.3, -0.25) is 14.3 Å². The molecule has 2 rings (SSSR count). The summed E-state index contributed by atoms with van der Waals surface area (Å²) in [5.74, 6) is 0.0503. The Labute approximate surface area is 137 Å². The van der Waals surface area contributed by atoms with Gasteiger partial charge in [-0.1, -0.05) is 0 Å². The summed E-state index contributed by atoms with van der Waals surface area (Å²) in [5.41, 5.74) is 0.550. The van der Waals surface area contributed by atoms with E-state index in [4.69, 9.17) is 4.74 Å². The average molecular weight is 322 g/mol. The predicted octanol–water partition coefficient (Wildman–Crippen LogP) is 0.844. The number of carbonyl (C=O) groups excluding carboxylic acids is 2. The number of hydrogen-bond acceptors (Lipinski definition) is 4. The molecule has 1 fully saturated rings. The molecule has 2 amide bonds. The first-order chi connectivity index (χ1) is 11.0. The first-order valence-electron chi connectivity index (χ1n) is 8.00. The highest BCUT2D eigenvalue weighted by Gasteiger charge is 2.36. The topological polar surface area (TPSA) is 76.5 Å². The maximum atomic E-state index is 12.1. The molecule has 1 aromatic heterocycles. The zero-order valence-electron chi connectivity index (χ0n) is 14.2. The van der Waals surface area contributed by atoms with Crippen molar-refractivity contribution in [2.24, 2.45) is 7.05 Å². The SMILES string of the molecule is COC1(CCC(=O)NCc2ccnn2C)CCCN(C(C)=O)C1. The first-order valence-corrected chi connectivity index (χ1v) is 8.00. The normalized spacial score (nSPS) is 21.3. The highest BCUT2D eigenvalue weighted by Crippen LogP contribution is 2.29. The first kappa shape index (κ1) is 17.5. The maximum absolute atomic E-state index is 12.1. The lowest BCUT2D eigenvalue weighted by atomic mass is 9.87. The van der Waals surface area contributed by atoms with Crippen LogP contribution in [-0.2, 0) is 27.9 Å². The molecular formula is C16H26N4O3. The number of rotatable bonds is 6. The molecule has 0 aromatic carbocycles. The van der Waals surface area contributed by atoms with Crippen LogP contribution in [0.25, 0.3) is 0 Å². The van der Waals surface area contributed by atoms with E-state index < -0.39 is 5.60 Å². The number of carbonyl (C=O) groups is 2. The quantitative estimate of drug-likeness (QED) is 0.842. The van der Waals surface area contributed by atoms with Crippen LogP contribution in [0.3, 0.4) is 0 Å². The van der Waals surface area contributed by atoms with Crippen molar-refractivity contribution in [1.82, 2.24) is 20.0 Å². The van der Waals surface area contributed by atoms with Gasteiger partial charge in [-0.25, -0.2) is 0 Å². The molecule has 0 bridgehead atoms. The summed E-state index contributed by atoms with van der Waals surface area (Å²) in [7, 11) is 3.51. The summed E-state index contributed by atoms with van der Waals surface area (Å²) < 4.78 is 7.43. The molecule has 1 N–H and O–H groups in total. The van der Waals surface area contributed by atoms with E-state index in [-0.39, 0.29) is 11.8 Å². The van der Waals surface area contributed by atoms with Crippen LogP contribution < -0.4 is 5.32 Å². The van der Waals surface area contributed by atoms with E-state index in [2.05, 4.69) is 10.4 Å². The molecule has 2 heterocycles. The molecule has 23 heavy (non-hydrogen) atoms. The van der Waals surface area contributed by atoms with Crippen molar-refractivity contribution in [2.75, 3.05) is 20.2 Å².